The highest BCUT2D eigenvalue weighted by Crippen LogP contribution is 2.25. The molecule has 0 bridgehead atoms. The number of likely N-dealkylation sites (tertiary alicyclic amines) is 1. The van der Waals surface area contributed by atoms with Crippen LogP contribution < -0.4 is 9.47 Å². The highest BCUT2D eigenvalue weighted by atomic mass is 16.5. The van der Waals surface area contributed by atoms with Crippen molar-refractivity contribution in [1.82, 2.24) is 4.90 Å². The lowest BCUT2D eigenvalue weighted by Crippen LogP contribution is -2.41. The fourth-order valence-electron chi connectivity index (χ4n) is 3.49. The monoisotopic (exact) mass is 405 g/mol. The molecule has 0 amide bonds. The molecule has 4 heteroatoms. The van der Waals surface area contributed by atoms with Gasteiger partial charge in [-0.25, -0.2) is 0 Å². The summed E-state index contributed by atoms with van der Waals surface area (Å²) in [5.74, 6) is 1.80. The smallest absolute Gasteiger partial charge is 0.187 e. The molecule has 0 atom stereocenters. The fourth-order valence-corrected chi connectivity index (χ4v) is 3.49. The molecule has 30 heavy (non-hydrogen) atoms. The zero-order valence-corrected chi connectivity index (χ0v) is 18.4. The van der Waals surface area contributed by atoms with E-state index >= 15 is 0 Å². The van der Waals surface area contributed by atoms with Crippen molar-refractivity contribution in [1.29, 1.82) is 0 Å². The van der Waals surface area contributed by atoms with Crippen LogP contribution in [0.15, 0.2) is 59.7 Å². The van der Waals surface area contributed by atoms with E-state index in [1.807, 2.05) is 74.5 Å². The van der Waals surface area contributed by atoms with E-state index in [9.17, 15) is 4.79 Å². The third-order valence-electron chi connectivity index (χ3n) is 5.12. The predicted octanol–water partition coefficient (Wildman–Crippen LogP) is 5.24. The van der Waals surface area contributed by atoms with Crippen LogP contribution in [0.5, 0.6) is 11.5 Å². The largest absolute Gasteiger partial charge is 0.494 e. The SMILES string of the molecule is CCOc1ccc(/C=C2\CN(C(C)C)C/C(=C\c3ccc(OCC)cc3)C2=O)cc1. The van der Waals surface area contributed by atoms with Crippen LogP contribution in [0, 0.1) is 0 Å². The maximum atomic E-state index is 13.2. The minimum atomic E-state index is 0.120. The predicted molar refractivity (Wildman–Crippen MR) is 123 cm³/mol. The molecule has 0 radical (unpaired) electrons. The third kappa shape index (κ3) is 5.61. The number of hydrogen-bond donors (Lipinski definition) is 0. The quantitative estimate of drug-likeness (QED) is 0.590. The molecule has 3 rings (SSSR count). The van der Waals surface area contributed by atoms with Crippen molar-refractivity contribution in [3.63, 3.8) is 0 Å². The second-order valence-electron chi connectivity index (χ2n) is 7.67. The summed E-state index contributed by atoms with van der Waals surface area (Å²) in [5, 5.41) is 0. The van der Waals surface area contributed by atoms with Crippen LogP contribution in [0.25, 0.3) is 12.2 Å². The second-order valence-corrected chi connectivity index (χ2v) is 7.67. The van der Waals surface area contributed by atoms with E-state index in [4.69, 9.17) is 9.47 Å². The number of carbonyl (C=O) groups excluding carboxylic acids is 1. The van der Waals surface area contributed by atoms with Crippen LogP contribution >= 0.6 is 0 Å². The lowest BCUT2D eigenvalue weighted by molar-refractivity contribution is -0.113. The molecule has 0 spiro atoms. The molecule has 158 valence electrons. The van der Waals surface area contributed by atoms with Crippen LogP contribution in [0.2, 0.25) is 0 Å². The first-order chi connectivity index (χ1) is 14.5. The molecule has 1 saturated heterocycles. The lowest BCUT2D eigenvalue weighted by atomic mass is 9.93. The Kier molecular flexibility index (Phi) is 7.47. The van der Waals surface area contributed by atoms with E-state index in [0.29, 0.717) is 32.3 Å². The summed E-state index contributed by atoms with van der Waals surface area (Å²) in [6, 6.07) is 16.1. The van der Waals surface area contributed by atoms with Crippen molar-refractivity contribution in [2.75, 3.05) is 26.3 Å². The molecule has 1 fully saturated rings. The van der Waals surface area contributed by atoms with Gasteiger partial charge in [-0.3, -0.25) is 9.69 Å². The molecule has 4 nitrogen and oxygen atoms in total. The average Bonchev–Trinajstić information content (AvgIpc) is 2.74. The van der Waals surface area contributed by atoms with Gasteiger partial charge in [0.25, 0.3) is 0 Å². The number of ether oxygens (including phenoxy) is 2. The molecule has 0 saturated carbocycles. The number of piperidine rings is 1. The fraction of sp³-hybridized carbons (Fsp3) is 0.346. The summed E-state index contributed by atoms with van der Waals surface area (Å²) in [6.07, 6.45) is 4.00. The van der Waals surface area contributed by atoms with Gasteiger partial charge in [-0.05, 0) is 75.2 Å². The summed E-state index contributed by atoms with van der Waals surface area (Å²) in [6.45, 7) is 10.9. The van der Waals surface area contributed by atoms with Crippen LogP contribution in [-0.2, 0) is 4.79 Å². The zero-order valence-electron chi connectivity index (χ0n) is 18.4. The van der Waals surface area contributed by atoms with Crippen LogP contribution in [-0.4, -0.2) is 43.0 Å². The van der Waals surface area contributed by atoms with E-state index in [-0.39, 0.29) is 5.78 Å². The van der Waals surface area contributed by atoms with Crippen molar-refractivity contribution in [3.8, 4) is 11.5 Å². The third-order valence-corrected chi connectivity index (χ3v) is 5.12. The Morgan fingerprint density at radius 2 is 1.20 bits per heavy atom. The Morgan fingerprint density at radius 1 is 0.800 bits per heavy atom. The van der Waals surface area contributed by atoms with Crippen molar-refractivity contribution in [2.24, 2.45) is 0 Å². The Balaban J connectivity index is 1.87. The number of Topliss-reactive ketones (excluding diaryl/α,β-unsaturated/α-hetero) is 1. The molecule has 0 N–H and O–H groups in total. The number of benzene rings is 2. The van der Waals surface area contributed by atoms with E-state index < -0.39 is 0 Å². The van der Waals surface area contributed by atoms with Crippen molar-refractivity contribution >= 4 is 17.9 Å². The first-order valence-electron chi connectivity index (χ1n) is 10.7. The van der Waals surface area contributed by atoms with Gasteiger partial charge in [-0.2, -0.15) is 0 Å². The molecule has 1 aliphatic heterocycles. The number of ketones is 1. The van der Waals surface area contributed by atoms with E-state index in [0.717, 1.165) is 33.8 Å². The van der Waals surface area contributed by atoms with Crippen LogP contribution in [0.4, 0.5) is 0 Å². The van der Waals surface area contributed by atoms with E-state index in [2.05, 4.69) is 18.7 Å². The van der Waals surface area contributed by atoms with Gasteiger partial charge < -0.3 is 9.47 Å². The molecule has 0 aliphatic carbocycles. The Labute approximate surface area is 179 Å². The van der Waals surface area contributed by atoms with Gasteiger partial charge in [0.05, 0.1) is 13.2 Å². The molecule has 1 heterocycles. The van der Waals surface area contributed by atoms with Gasteiger partial charge in [0.15, 0.2) is 5.78 Å². The summed E-state index contributed by atoms with van der Waals surface area (Å²) in [7, 11) is 0. The van der Waals surface area contributed by atoms with Gasteiger partial charge >= 0.3 is 0 Å². The molecule has 0 aromatic heterocycles. The van der Waals surface area contributed by atoms with Crippen molar-refractivity contribution in [3.05, 3.63) is 70.8 Å². The average molecular weight is 406 g/mol. The highest BCUT2D eigenvalue weighted by Gasteiger charge is 2.27. The molecule has 0 unspecified atom stereocenters. The Morgan fingerprint density at radius 3 is 1.53 bits per heavy atom. The first-order valence-corrected chi connectivity index (χ1v) is 10.7. The minimum absolute atomic E-state index is 0.120. The number of hydrogen-bond acceptors (Lipinski definition) is 4. The second kappa shape index (κ2) is 10.3. The van der Waals surface area contributed by atoms with Gasteiger partial charge in [0.1, 0.15) is 11.5 Å². The minimum Gasteiger partial charge on any atom is -0.494 e. The van der Waals surface area contributed by atoms with Crippen molar-refractivity contribution < 1.29 is 14.3 Å². The topological polar surface area (TPSA) is 38.8 Å². The molecule has 2 aromatic carbocycles. The van der Waals surface area contributed by atoms with Gasteiger partial charge in [0.2, 0.25) is 0 Å². The molecular formula is C26H31NO3. The Hall–Kier alpha value is -2.85. The lowest BCUT2D eigenvalue weighted by Gasteiger charge is -2.32. The summed E-state index contributed by atoms with van der Waals surface area (Å²) >= 11 is 0. The highest BCUT2D eigenvalue weighted by molar-refractivity contribution is 6.14. The van der Waals surface area contributed by atoms with Crippen molar-refractivity contribution in [2.45, 2.75) is 33.7 Å². The molecule has 2 aromatic rings. The number of rotatable bonds is 7. The molecular weight excluding hydrogens is 374 g/mol. The number of carbonyl (C=O) groups is 1. The Bertz CT molecular complexity index is 837. The normalized spacial score (nSPS) is 17.7. The van der Waals surface area contributed by atoms with E-state index in [1.54, 1.807) is 0 Å². The molecule has 1 aliphatic rings. The number of nitrogens with zero attached hydrogens (tertiary/aromatic N) is 1. The summed E-state index contributed by atoms with van der Waals surface area (Å²) in [5.41, 5.74) is 3.65. The summed E-state index contributed by atoms with van der Waals surface area (Å²) in [4.78, 5) is 15.6. The van der Waals surface area contributed by atoms with Gasteiger partial charge in [-0.15, -0.1) is 0 Å². The first kappa shape index (κ1) is 21.8. The standard InChI is InChI=1S/C26H31NO3/c1-5-29-24-11-7-20(8-12-24)15-22-17-27(19(3)4)18-23(26(22)28)16-21-9-13-25(14-10-21)30-6-2/h7-16,19H,5-6,17-18H2,1-4H3/b22-15+,23-16+. The van der Waals surface area contributed by atoms with Gasteiger partial charge in [-0.1, -0.05) is 24.3 Å². The van der Waals surface area contributed by atoms with Crippen LogP contribution in [0.3, 0.4) is 0 Å². The zero-order chi connectivity index (χ0) is 21.5. The van der Waals surface area contributed by atoms with Crippen LogP contribution in [0.1, 0.15) is 38.8 Å². The maximum absolute atomic E-state index is 13.2. The van der Waals surface area contributed by atoms with E-state index in [1.165, 1.54) is 0 Å². The van der Waals surface area contributed by atoms with Gasteiger partial charge in [0, 0.05) is 30.3 Å². The maximum Gasteiger partial charge on any atom is 0.187 e. The summed E-state index contributed by atoms with van der Waals surface area (Å²) < 4.78 is 11.0.